The largest absolute Gasteiger partial charge is 0.0651 e. The molecule has 0 spiro atoms. The van der Waals surface area contributed by atoms with E-state index in [2.05, 4.69) is 74.5 Å². The second kappa shape index (κ2) is 6.28. The number of aryl methyl sites for hydroxylation is 2. The molecule has 0 aliphatic rings. The van der Waals surface area contributed by atoms with Gasteiger partial charge in [0.05, 0.1) is 0 Å². The van der Waals surface area contributed by atoms with Crippen LogP contribution in [0.3, 0.4) is 0 Å². The Morgan fingerprint density at radius 3 is 2.04 bits per heavy atom. The molecule has 0 nitrogen and oxygen atoms in total. The van der Waals surface area contributed by atoms with Gasteiger partial charge in [-0.15, -0.1) is 0 Å². The molecule has 4 rings (SSSR count). The van der Waals surface area contributed by atoms with E-state index in [0.717, 1.165) is 12.8 Å². The lowest BCUT2D eigenvalue weighted by Crippen LogP contribution is -1.91. The van der Waals surface area contributed by atoms with E-state index in [-0.39, 0.29) is 0 Å². The molecule has 0 N–H and O–H groups in total. The molecule has 4 aromatic rings. The van der Waals surface area contributed by atoms with Crippen molar-refractivity contribution in [3.05, 3.63) is 71.8 Å². The van der Waals surface area contributed by atoms with Crippen molar-refractivity contribution < 1.29 is 0 Å². The van der Waals surface area contributed by atoms with Gasteiger partial charge in [0, 0.05) is 0 Å². The van der Waals surface area contributed by atoms with Gasteiger partial charge < -0.3 is 0 Å². The molecule has 0 fully saturated rings. The summed E-state index contributed by atoms with van der Waals surface area (Å²) in [4.78, 5) is 0. The van der Waals surface area contributed by atoms with Crippen LogP contribution in [-0.4, -0.2) is 0 Å². The van der Waals surface area contributed by atoms with E-state index in [1.54, 1.807) is 0 Å². The first-order valence-corrected chi connectivity index (χ1v) is 9.18. The third-order valence-electron chi connectivity index (χ3n) is 5.07. The molecular weight excluding hydrogens is 288 g/mol. The van der Waals surface area contributed by atoms with Gasteiger partial charge >= 0.3 is 0 Å². The molecule has 0 aliphatic heterocycles. The van der Waals surface area contributed by atoms with Crippen LogP contribution < -0.4 is 0 Å². The van der Waals surface area contributed by atoms with Crippen LogP contribution in [0.1, 0.15) is 37.8 Å². The average Bonchev–Trinajstić information content (AvgIpc) is 2.62. The van der Waals surface area contributed by atoms with Crippen LogP contribution in [0.25, 0.3) is 32.3 Å². The van der Waals surface area contributed by atoms with Crippen LogP contribution in [-0.2, 0) is 12.8 Å². The van der Waals surface area contributed by atoms with Gasteiger partial charge in [0.2, 0.25) is 0 Å². The molecule has 4 aromatic carbocycles. The van der Waals surface area contributed by atoms with Crippen LogP contribution in [0, 0.1) is 0 Å². The predicted octanol–water partition coefficient (Wildman–Crippen LogP) is 7.05. The lowest BCUT2D eigenvalue weighted by molar-refractivity contribution is 0.924. The van der Waals surface area contributed by atoms with E-state index >= 15 is 0 Å². The summed E-state index contributed by atoms with van der Waals surface area (Å²) in [5, 5.41) is 8.43. The van der Waals surface area contributed by atoms with Gasteiger partial charge in [-0.1, -0.05) is 87.4 Å². The minimum Gasteiger partial charge on any atom is -0.0651 e. The fourth-order valence-electron chi connectivity index (χ4n) is 4.05. The first kappa shape index (κ1) is 15.2. The van der Waals surface area contributed by atoms with Gasteiger partial charge in [-0.05, 0) is 56.3 Å². The molecule has 0 saturated carbocycles. The fraction of sp³-hybridized carbons (Fsp3) is 0.250. The minimum atomic E-state index is 1.14. The van der Waals surface area contributed by atoms with Crippen LogP contribution in [0.4, 0.5) is 0 Å². The van der Waals surface area contributed by atoms with Gasteiger partial charge in [-0.3, -0.25) is 0 Å². The predicted molar refractivity (Wildman–Crippen MR) is 107 cm³/mol. The number of rotatable bonds is 4. The van der Waals surface area contributed by atoms with Crippen molar-refractivity contribution in [2.45, 2.75) is 39.5 Å². The number of benzene rings is 4. The maximum Gasteiger partial charge on any atom is -0.00669 e. The molecule has 0 saturated heterocycles. The van der Waals surface area contributed by atoms with Crippen LogP contribution in [0.15, 0.2) is 60.7 Å². The van der Waals surface area contributed by atoms with Crippen LogP contribution in [0.2, 0.25) is 0 Å². The van der Waals surface area contributed by atoms with Crippen molar-refractivity contribution in [2.75, 3.05) is 0 Å². The maximum absolute atomic E-state index is 2.42. The summed E-state index contributed by atoms with van der Waals surface area (Å²) in [6.45, 7) is 4.52. The van der Waals surface area contributed by atoms with Crippen molar-refractivity contribution in [1.82, 2.24) is 0 Å². The lowest BCUT2D eigenvalue weighted by Gasteiger charge is -2.14. The number of hydrogen-bond donors (Lipinski definition) is 0. The molecule has 0 aromatic heterocycles. The van der Waals surface area contributed by atoms with Gasteiger partial charge in [0.15, 0.2) is 0 Å². The standard InChI is InChI=1S/C24H24/c1-3-8-17-14-15-20-19-11-5-6-12-21(19)24-18(9-4-2)10-7-13-22(24)23(20)16-17/h5-7,10-16H,3-4,8-9H2,1-2H3. The highest BCUT2D eigenvalue weighted by Crippen LogP contribution is 2.37. The van der Waals surface area contributed by atoms with Crippen molar-refractivity contribution in [3.63, 3.8) is 0 Å². The van der Waals surface area contributed by atoms with E-state index < -0.39 is 0 Å². The normalized spacial score (nSPS) is 11.6. The highest BCUT2D eigenvalue weighted by Gasteiger charge is 2.11. The highest BCUT2D eigenvalue weighted by atomic mass is 14.1. The Bertz CT molecular complexity index is 1020. The first-order chi connectivity index (χ1) is 11.8. The molecule has 0 heteroatoms. The smallest absolute Gasteiger partial charge is 0.00669 e. The van der Waals surface area contributed by atoms with Crippen molar-refractivity contribution in [2.24, 2.45) is 0 Å². The Labute approximate surface area is 144 Å². The van der Waals surface area contributed by atoms with Gasteiger partial charge in [-0.25, -0.2) is 0 Å². The highest BCUT2D eigenvalue weighted by molar-refractivity contribution is 6.26. The van der Waals surface area contributed by atoms with Crippen LogP contribution >= 0.6 is 0 Å². The van der Waals surface area contributed by atoms with Crippen molar-refractivity contribution >= 4 is 32.3 Å². The second-order valence-electron chi connectivity index (χ2n) is 6.77. The molecular formula is C24H24. The zero-order chi connectivity index (χ0) is 16.5. The van der Waals surface area contributed by atoms with Gasteiger partial charge in [-0.2, -0.15) is 0 Å². The Kier molecular flexibility index (Phi) is 3.98. The fourth-order valence-corrected chi connectivity index (χ4v) is 4.05. The van der Waals surface area contributed by atoms with E-state index in [0.29, 0.717) is 0 Å². The minimum absolute atomic E-state index is 1.14. The Morgan fingerprint density at radius 1 is 0.583 bits per heavy atom. The van der Waals surface area contributed by atoms with Crippen molar-refractivity contribution in [3.8, 4) is 0 Å². The summed E-state index contributed by atoms with van der Waals surface area (Å²) < 4.78 is 0. The van der Waals surface area contributed by atoms with E-state index in [4.69, 9.17) is 0 Å². The summed E-state index contributed by atoms with van der Waals surface area (Å²) in [5.74, 6) is 0. The average molecular weight is 312 g/mol. The third kappa shape index (κ3) is 2.38. The zero-order valence-corrected chi connectivity index (χ0v) is 14.6. The summed E-state index contributed by atoms with van der Waals surface area (Å²) in [7, 11) is 0. The van der Waals surface area contributed by atoms with E-state index in [9.17, 15) is 0 Å². The summed E-state index contributed by atoms with van der Waals surface area (Å²) in [6, 6.07) is 22.8. The Morgan fingerprint density at radius 2 is 1.25 bits per heavy atom. The topological polar surface area (TPSA) is 0 Å². The molecule has 120 valence electrons. The monoisotopic (exact) mass is 312 g/mol. The van der Waals surface area contributed by atoms with Gasteiger partial charge in [0.25, 0.3) is 0 Å². The molecule has 0 amide bonds. The van der Waals surface area contributed by atoms with Crippen LogP contribution in [0.5, 0.6) is 0 Å². The quantitative estimate of drug-likeness (QED) is 0.354. The van der Waals surface area contributed by atoms with E-state index in [1.165, 1.54) is 56.3 Å². The lowest BCUT2D eigenvalue weighted by atomic mass is 9.89. The summed E-state index contributed by atoms with van der Waals surface area (Å²) in [6.07, 6.45) is 4.67. The molecule has 0 bridgehead atoms. The van der Waals surface area contributed by atoms with E-state index in [1.807, 2.05) is 0 Å². The third-order valence-corrected chi connectivity index (χ3v) is 5.07. The molecule has 0 aliphatic carbocycles. The second-order valence-corrected chi connectivity index (χ2v) is 6.77. The molecule has 0 radical (unpaired) electrons. The number of hydrogen-bond acceptors (Lipinski definition) is 0. The summed E-state index contributed by atoms with van der Waals surface area (Å²) >= 11 is 0. The zero-order valence-electron chi connectivity index (χ0n) is 14.6. The summed E-state index contributed by atoms with van der Waals surface area (Å²) in [5.41, 5.74) is 2.93. The molecule has 0 heterocycles. The Balaban J connectivity index is 2.21. The Hall–Kier alpha value is -2.34. The van der Waals surface area contributed by atoms with Gasteiger partial charge in [0.1, 0.15) is 0 Å². The molecule has 0 atom stereocenters. The molecule has 24 heavy (non-hydrogen) atoms. The SMILES string of the molecule is CCCc1ccc2c3ccccc3c3c(CCC)cccc3c2c1. The molecule has 0 unspecified atom stereocenters. The first-order valence-electron chi connectivity index (χ1n) is 9.18. The van der Waals surface area contributed by atoms with Crippen molar-refractivity contribution in [1.29, 1.82) is 0 Å². The maximum atomic E-state index is 2.42. The number of fused-ring (bicyclic) bond motifs is 6.